The molecule has 0 atom stereocenters. The van der Waals surface area contributed by atoms with Crippen LogP contribution in [0.25, 0.3) is 0 Å². The molecule has 1 heterocycles. The van der Waals surface area contributed by atoms with Gasteiger partial charge < -0.3 is 15.4 Å². The molecule has 0 bridgehead atoms. The third-order valence-corrected chi connectivity index (χ3v) is 3.10. The van der Waals surface area contributed by atoms with Crippen LogP contribution in [0.5, 0.6) is 0 Å². The van der Waals surface area contributed by atoms with Gasteiger partial charge in [0.15, 0.2) is 0 Å². The first-order valence-corrected chi connectivity index (χ1v) is 5.20. The van der Waals surface area contributed by atoms with Gasteiger partial charge in [0.25, 0.3) is 0 Å². The maximum Gasteiger partial charge on any atom is 0.0479 e. The van der Waals surface area contributed by atoms with Crippen LogP contribution in [0.15, 0.2) is 0 Å². The van der Waals surface area contributed by atoms with E-state index in [1.54, 1.807) is 7.11 Å². The summed E-state index contributed by atoms with van der Waals surface area (Å²) in [4.78, 5) is 2.46. The van der Waals surface area contributed by atoms with Gasteiger partial charge in [-0.2, -0.15) is 0 Å². The van der Waals surface area contributed by atoms with Crippen LogP contribution in [0.3, 0.4) is 0 Å². The summed E-state index contributed by atoms with van der Waals surface area (Å²) in [7, 11) is 1.74. The molecule has 1 aliphatic rings. The molecule has 3 heteroatoms. The zero-order valence-corrected chi connectivity index (χ0v) is 8.88. The number of piperidine rings is 1. The van der Waals surface area contributed by atoms with Crippen molar-refractivity contribution in [2.75, 3.05) is 33.4 Å². The maximum absolute atomic E-state index is 6.26. The Hall–Kier alpha value is -0.120. The number of hydrogen-bond donors (Lipinski definition) is 1. The van der Waals surface area contributed by atoms with Crippen LogP contribution in [0.1, 0.15) is 26.2 Å². The Bertz CT molecular complexity index is 142. The number of nitrogens with two attached hydrogens (primary N) is 1. The van der Waals surface area contributed by atoms with Crippen molar-refractivity contribution in [2.45, 2.75) is 31.7 Å². The Morgan fingerprint density at radius 2 is 2.00 bits per heavy atom. The normalized spacial score (nSPS) is 23.3. The van der Waals surface area contributed by atoms with Gasteiger partial charge in [0.1, 0.15) is 0 Å². The first kappa shape index (κ1) is 11.0. The predicted molar refractivity (Wildman–Crippen MR) is 54.8 cm³/mol. The molecule has 1 fully saturated rings. The van der Waals surface area contributed by atoms with Crippen molar-refractivity contribution in [3.63, 3.8) is 0 Å². The molecule has 1 aliphatic heterocycles. The van der Waals surface area contributed by atoms with E-state index in [0.29, 0.717) is 0 Å². The zero-order chi connectivity index (χ0) is 9.73. The van der Waals surface area contributed by atoms with Gasteiger partial charge in [-0.25, -0.2) is 0 Å². The fraction of sp³-hybridized carbons (Fsp3) is 1.00. The molecule has 0 aliphatic carbocycles. The minimum atomic E-state index is 0.0433. The Morgan fingerprint density at radius 3 is 2.46 bits per heavy atom. The van der Waals surface area contributed by atoms with Gasteiger partial charge >= 0.3 is 0 Å². The van der Waals surface area contributed by atoms with E-state index in [1.165, 1.54) is 0 Å². The maximum atomic E-state index is 6.26. The Balaban J connectivity index is 2.28. The van der Waals surface area contributed by atoms with Crippen LogP contribution in [0.2, 0.25) is 0 Å². The van der Waals surface area contributed by atoms with Gasteiger partial charge in [-0.15, -0.1) is 0 Å². The van der Waals surface area contributed by atoms with Gasteiger partial charge in [-0.1, -0.05) is 6.92 Å². The molecular formula is C10H22N2O. The predicted octanol–water partition coefficient (Wildman–Crippen LogP) is 0.836. The van der Waals surface area contributed by atoms with E-state index in [-0.39, 0.29) is 5.54 Å². The second-order valence-corrected chi connectivity index (χ2v) is 4.04. The van der Waals surface area contributed by atoms with Crippen molar-refractivity contribution >= 4 is 0 Å². The van der Waals surface area contributed by atoms with E-state index < -0.39 is 0 Å². The van der Waals surface area contributed by atoms with Crippen LogP contribution in [0, 0.1) is 0 Å². The molecule has 2 N–H and O–H groups in total. The first-order chi connectivity index (χ1) is 6.20. The number of hydrogen-bond acceptors (Lipinski definition) is 3. The average Bonchev–Trinajstić information content (AvgIpc) is 2.16. The highest BCUT2D eigenvalue weighted by atomic mass is 16.5. The minimum absolute atomic E-state index is 0.0433. The molecule has 0 aromatic rings. The molecule has 0 radical (unpaired) electrons. The summed E-state index contributed by atoms with van der Waals surface area (Å²) in [5, 5.41) is 0. The second-order valence-electron chi connectivity index (χ2n) is 4.04. The SMILES string of the molecule is CCN1CCC(N)(CCOC)CC1. The van der Waals surface area contributed by atoms with E-state index in [2.05, 4.69) is 11.8 Å². The van der Waals surface area contributed by atoms with Crippen LogP contribution in [-0.2, 0) is 4.74 Å². The van der Waals surface area contributed by atoms with Gasteiger partial charge in [-0.3, -0.25) is 0 Å². The summed E-state index contributed by atoms with van der Waals surface area (Å²) in [5.41, 5.74) is 6.30. The van der Waals surface area contributed by atoms with E-state index >= 15 is 0 Å². The molecule has 78 valence electrons. The smallest absolute Gasteiger partial charge is 0.0479 e. The minimum Gasteiger partial charge on any atom is -0.385 e. The lowest BCUT2D eigenvalue weighted by Crippen LogP contribution is -2.50. The number of rotatable bonds is 4. The standard InChI is InChI=1S/C10H22N2O/c1-3-12-7-4-10(11,5-8-12)6-9-13-2/h3-9,11H2,1-2H3. The Labute approximate surface area is 81.2 Å². The lowest BCUT2D eigenvalue weighted by atomic mass is 9.86. The fourth-order valence-electron chi connectivity index (χ4n) is 1.87. The first-order valence-electron chi connectivity index (χ1n) is 5.20. The molecule has 0 unspecified atom stereocenters. The van der Waals surface area contributed by atoms with Gasteiger partial charge in [0.2, 0.25) is 0 Å². The number of nitrogens with zero attached hydrogens (tertiary/aromatic N) is 1. The lowest BCUT2D eigenvalue weighted by Gasteiger charge is -2.38. The summed E-state index contributed by atoms with van der Waals surface area (Å²) in [5.74, 6) is 0. The highest BCUT2D eigenvalue weighted by Crippen LogP contribution is 2.22. The van der Waals surface area contributed by atoms with Crippen molar-refractivity contribution < 1.29 is 4.74 Å². The van der Waals surface area contributed by atoms with Crippen molar-refractivity contribution in [2.24, 2.45) is 5.73 Å². The third-order valence-electron chi connectivity index (χ3n) is 3.10. The van der Waals surface area contributed by atoms with E-state index in [4.69, 9.17) is 10.5 Å². The monoisotopic (exact) mass is 186 g/mol. The Morgan fingerprint density at radius 1 is 1.38 bits per heavy atom. The summed E-state index contributed by atoms with van der Waals surface area (Å²) >= 11 is 0. The van der Waals surface area contributed by atoms with Gasteiger partial charge in [0, 0.05) is 19.3 Å². The average molecular weight is 186 g/mol. The molecule has 0 amide bonds. The third kappa shape index (κ3) is 3.25. The van der Waals surface area contributed by atoms with E-state index in [9.17, 15) is 0 Å². The Kier molecular flexibility index (Phi) is 4.16. The van der Waals surface area contributed by atoms with E-state index in [1.807, 2.05) is 0 Å². The molecule has 1 saturated heterocycles. The fourth-order valence-corrected chi connectivity index (χ4v) is 1.87. The molecule has 1 rings (SSSR count). The summed E-state index contributed by atoms with van der Waals surface area (Å²) in [6.07, 6.45) is 3.23. The van der Waals surface area contributed by atoms with Crippen molar-refractivity contribution in [3.8, 4) is 0 Å². The summed E-state index contributed by atoms with van der Waals surface area (Å²) in [6, 6.07) is 0. The molecule has 13 heavy (non-hydrogen) atoms. The largest absolute Gasteiger partial charge is 0.385 e. The number of ether oxygens (including phenoxy) is 1. The number of likely N-dealkylation sites (tertiary alicyclic amines) is 1. The lowest BCUT2D eigenvalue weighted by molar-refractivity contribution is 0.119. The summed E-state index contributed by atoms with van der Waals surface area (Å²) < 4.78 is 5.07. The summed E-state index contributed by atoms with van der Waals surface area (Å²) in [6.45, 7) is 6.45. The molecule has 0 saturated carbocycles. The van der Waals surface area contributed by atoms with Gasteiger partial charge in [-0.05, 0) is 38.9 Å². The van der Waals surface area contributed by atoms with Crippen LogP contribution >= 0.6 is 0 Å². The van der Waals surface area contributed by atoms with Crippen molar-refractivity contribution in [1.82, 2.24) is 4.90 Å². The molecule has 0 spiro atoms. The van der Waals surface area contributed by atoms with Crippen molar-refractivity contribution in [3.05, 3.63) is 0 Å². The van der Waals surface area contributed by atoms with Crippen molar-refractivity contribution in [1.29, 1.82) is 0 Å². The zero-order valence-electron chi connectivity index (χ0n) is 8.88. The highest BCUT2D eigenvalue weighted by molar-refractivity contribution is 4.89. The van der Waals surface area contributed by atoms with Crippen LogP contribution in [-0.4, -0.2) is 43.8 Å². The topological polar surface area (TPSA) is 38.5 Å². The van der Waals surface area contributed by atoms with E-state index in [0.717, 1.165) is 45.5 Å². The van der Waals surface area contributed by atoms with Crippen LogP contribution in [0.4, 0.5) is 0 Å². The molecule has 0 aromatic carbocycles. The highest BCUT2D eigenvalue weighted by Gasteiger charge is 2.29. The van der Waals surface area contributed by atoms with Gasteiger partial charge in [0.05, 0.1) is 0 Å². The second kappa shape index (κ2) is 4.94. The number of methoxy groups -OCH3 is 1. The molecule has 0 aromatic heterocycles. The van der Waals surface area contributed by atoms with Crippen LogP contribution < -0.4 is 5.73 Å². The molecular weight excluding hydrogens is 164 g/mol. The molecule has 3 nitrogen and oxygen atoms in total. The quantitative estimate of drug-likeness (QED) is 0.707.